The minimum Gasteiger partial charge on any atom is -0.258 e. The maximum absolute atomic E-state index is 12.5. The highest BCUT2D eigenvalue weighted by Gasteiger charge is 2.31. The van der Waals surface area contributed by atoms with E-state index in [1.807, 2.05) is 0 Å². The van der Waals surface area contributed by atoms with Gasteiger partial charge in [-0.15, -0.1) is 0 Å². The molecule has 9 heteroatoms. The molecule has 0 amide bonds. The number of rotatable bonds is 3. The van der Waals surface area contributed by atoms with Crippen molar-refractivity contribution in [1.29, 1.82) is 0 Å². The molecule has 2 rings (SSSR count). The first kappa shape index (κ1) is 15.6. The normalized spacial score (nSPS) is 11.4. The van der Waals surface area contributed by atoms with Crippen molar-refractivity contribution in [2.24, 2.45) is 0 Å². The van der Waals surface area contributed by atoms with Gasteiger partial charge in [0.1, 0.15) is 5.03 Å². The van der Waals surface area contributed by atoms with Gasteiger partial charge in [-0.2, -0.15) is 13.2 Å². The summed E-state index contributed by atoms with van der Waals surface area (Å²) in [5.74, 6) is 0. The van der Waals surface area contributed by atoms with Crippen LogP contribution in [-0.4, -0.2) is 9.91 Å². The van der Waals surface area contributed by atoms with Crippen LogP contribution >= 0.6 is 23.4 Å². The molecule has 0 saturated heterocycles. The Kier molecular flexibility index (Phi) is 4.38. The van der Waals surface area contributed by atoms with E-state index in [-0.39, 0.29) is 15.7 Å². The summed E-state index contributed by atoms with van der Waals surface area (Å²) in [6.45, 7) is 0. The number of nitro benzene ring substituents is 1. The van der Waals surface area contributed by atoms with Crippen molar-refractivity contribution in [3.8, 4) is 0 Å². The van der Waals surface area contributed by atoms with Gasteiger partial charge in [0.2, 0.25) is 0 Å². The summed E-state index contributed by atoms with van der Waals surface area (Å²) in [5.41, 5.74) is -1.07. The monoisotopic (exact) mass is 334 g/mol. The number of benzene rings is 1. The summed E-state index contributed by atoms with van der Waals surface area (Å²) in [6.07, 6.45) is -3.85. The highest BCUT2D eigenvalue weighted by Crippen LogP contribution is 2.36. The lowest BCUT2D eigenvalue weighted by Crippen LogP contribution is -2.05. The molecular weight excluding hydrogens is 329 g/mol. The molecule has 0 aliphatic rings. The average molecular weight is 335 g/mol. The number of aromatic nitrogens is 1. The standard InChI is InChI=1S/C12H6ClF3N2O2S/c13-10-4-7(12(14,15)16)6-17-11(10)21-9-3-1-2-8(5-9)18(19)20/h1-6H. The molecule has 0 aliphatic heterocycles. The molecule has 4 nitrogen and oxygen atoms in total. The number of alkyl halides is 3. The van der Waals surface area contributed by atoms with E-state index in [0.717, 1.165) is 17.8 Å². The molecule has 1 aromatic carbocycles. The summed E-state index contributed by atoms with van der Waals surface area (Å²) in [4.78, 5) is 14.2. The van der Waals surface area contributed by atoms with Crippen LogP contribution in [0.2, 0.25) is 5.02 Å². The van der Waals surface area contributed by atoms with Crippen molar-refractivity contribution in [2.45, 2.75) is 16.1 Å². The first-order chi connectivity index (χ1) is 9.77. The Morgan fingerprint density at radius 3 is 2.57 bits per heavy atom. The van der Waals surface area contributed by atoms with E-state index in [9.17, 15) is 23.3 Å². The smallest absolute Gasteiger partial charge is 0.258 e. The molecule has 1 heterocycles. The maximum atomic E-state index is 12.5. The van der Waals surface area contributed by atoms with Gasteiger partial charge in [0.25, 0.3) is 5.69 Å². The predicted molar refractivity (Wildman–Crippen MR) is 71.5 cm³/mol. The van der Waals surface area contributed by atoms with Gasteiger partial charge in [-0.3, -0.25) is 10.1 Å². The number of nitro groups is 1. The van der Waals surface area contributed by atoms with Crippen molar-refractivity contribution in [2.75, 3.05) is 0 Å². The van der Waals surface area contributed by atoms with E-state index in [4.69, 9.17) is 11.6 Å². The third kappa shape index (κ3) is 3.85. The van der Waals surface area contributed by atoms with Crippen LogP contribution in [0.1, 0.15) is 5.56 Å². The zero-order chi connectivity index (χ0) is 15.6. The molecule has 0 saturated carbocycles. The molecule has 0 spiro atoms. The largest absolute Gasteiger partial charge is 0.417 e. The Balaban J connectivity index is 2.28. The minimum absolute atomic E-state index is 0.122. The molecule has 0 aliphatic carbocycles. The van der Waals surface area contributed by atoms with Gasteiger partial charge in [0.05, 0.1) is 15.5 Å². The van der Waals surface area contributed by atoms with E-state index in [1.54, 1.807) is 6.07 Å². The summed E-state index contributed by atoms with van der Waals surface area (Å²) in [6, 6.07) is 6.42. The summed E-state index contributed by atoms with van der Waals surface area (Å²) in [5, 5.41) is 10.6. The van der Waals surface area contributed by atoms with Gasteiger partial charge in [-0.1, -0.05) is 29.4 Å². The Hall–Kier alpha value is -1.80. The van der Waals surface area contributed by atoms with Crippen molar-refractivity contribution in [3.63, 3.8) is 0 Å². The molecule has 0 N–H and O–H groups in total. The number of pyridine rings is 1. The zero-order valence-corrected chi connectivity index (χ0v) is 11.7. The van der Waals surface area contributed by atoms with Gasteiger partial charge in [0.15, 0.2) is 0 Å². The van der Waals surface area contributed by atoms with Crippen molar-refractivity contribution in [1.82, 2.24) is 4.98 Å². The maximum Gasteiger partial charge on any atom is 0.417 e. The molecule has 110 valence electrons. The van der Waals surface area contributed by atoms with Gasteiger partial charge in [-0.25, -0.2) is 4.98 Å². The van der Waals surface area contributed by atoms with Crippen LogP contribution in [0.3, 0.4) is 0 Å². The van der Waals surface area contributed by atoms with Crippen LogP contribution in [-0.2, 0) is 6.18 Å². The fourth-order valence-corrected chi connectivity index (χ4v) is 2.52. The van der Waals surface area contributed by atoms with E-state index < -0.39 is 16.7 Å². The van der Waals surface area contributed by atoms with E-state index in [1.165, 1.54) is 18.2 Å². The van der Waals surface area contributed by atoms with Gasteiger partial charge in [0, 0.05) is 23.2 Å². The lowest BCUT2D eigenvalue weighted by atomic mass is 10.3. The Bertz CT molecular complexity index is 694. The van der Waals surface area contributed by atoms with Crippen molar-refractivity contribution < 1.29 is 18.1 Å². The van der Waals surface area contributed by atoms with Crippen LogP contribution in [0.15, 0.2) is 46.5 Å². The van der Waals surface area contributed by atoms with Crippen molar-refractivity contribution in [3.05, 3.63) is 57.2 Å². The molecule has 0 bridgehead atoms. The summed E-state index contributed by atoms with van der Waals surface area (Å²) >= 11 is 6.72. The lowest BCUT2D eigenvalue weighted by molar-refractivity contribution is -0.385. The Morgan fingerprint density at radius 2 is 2.00 bits per heavy atom. The third-order valence-electron chi connectivity index (χ3n) is 2.38. The predicted octanol–water partition coefficient (Wildman–Crippen LogP) is 4.81. The second-order valence-electron chi connectivity index (χ2n) is 3.87. The van der Waals surface area contributed by atoms with Gasteiger partial charge >= 0.3 is 6.18 Å². The molecular formula is C12H6ClF3N2O2S. The second kappa shape index (κ2) is 5.90. The molecule has 1 aromatic heterocycles. The number of hydrogen-bond donors (Lipinski definition) is 0. The fourth-order valence-electron chi connectivity index (χ4n) is 1.43. The number of hydrogen-bond acceptors (Lipinski definition) is 4. The van der Waals surface area contributed by atoms with Crippen LogP contribution in [0, 0.1) is 10.1 Å². The number of halogens is 4. The third-order valence-corrected chi connectivity index (χ3v) is 3.79. The van der Waals surface area contributed by atoms with Crippen LogP contribution in [0.4, 0.5) is 18.9 Å². The molecule has 0 unspecified atom stereocenters. The first-order valence-corrected chi connectivity index (χ1v) is 6.62. The van der Waals surface area contributed by atoms with Crippen LogP contribution in [0.5, 0.6) is 0 Å². The van der Waals surface area contributed by atoms with E-state index in [0.29, 0.717) is 11.1 Å². The van der Waals surface area contributed by atoms with E-state index >= 15 is 0 Å². The molecule has 2 aromatic rings. The van der Waals surface area contributed by atoms with E-state index in [2.05, 4.69) is 4.98 Å². The van der Waals surface area contributed by atoms with Crippen molar-refractivity contribution >= 4 is 29.1 Å². The molecule has 0 atom stereocenters. The second-order valence-corrected chi connectivity index (χ2v) is 5.33. The average Bonchev–Trinajstić information content (AvgIpc) is 2.40. The Morgan fingerprint density at radius 1 is 1.29 bits per heavy atom. The Labute approximate surface area is 126 Å². The molecule has 0 radical (unpaired) electrons. The first-order valence-electron chi connectivity index (χ1n) is 5.42. The van der Waals surface area contributed by atoms with Crippen LogP contribution in [0.25, 0.3) is 0 Å². The summed E-state index contributed by atoms with van der Waals surface area (Å²) in [7, 11) is 0. The van der Waals surface area contributed by atoms with Crippen LogP contribution < -0.4 is 0 Å². The SMILES string of the molecule is O=[N+]([O-])c1cccc(Sc2ncc(C(F)(F)F)cc2Cl)c1. The number of nitrogens with zero attached hydrogens (tertiary/aromatic N) is 2. The minimum atomic E-state index is -4.52. The molecule has 21 heavy (non-hydrogen) atoms. The number of non-ortho nitro benzene ring substituents is 1. The highest BCUT2D eigenvalue weighted by atomic mass is 35.5. The lowest BCUT2D eigenvalue weighted by Gasteiger charge is -2.08. The fraction of sp³-hybridized carbons (Fsp3) is 0.0833. The quantitative estimate of drug-likeness (QED) is 0.597. The highest BCUT2D eigenvalue weighted by molar-refractivity contribution is 7.99. The summed E-state index contributed by atoms with van der Waals surface area (Å²) < 4.78 is 37.5. The zero-order valence-electron chi connectivity index (χ0n) is 10.1. The molecule has 0 fully saturated rings. The topological polar surface area (TPSA) is 56.0 Å². The van der Waals surface area contributed by atoms with Gasteiger partial charge in [-0.05, 0) is 12.1 Å². The van der Waals surface area contributed by atoms with Gasteiger partial charge < -0.3 is 0 Å².